The van der Waals surface area contributed by atoms with E-state index in [-0.39, 0.29) is 24.0 Å². The van der Waals surface area contributed by atoms with Crippen molar-refractivity contribution in [1.29, 1.82) is 0 Å². The zero-order valence-electron chi connectivity index (χ0n) is 14.8. The molecule has 1 fully saturated rings. The number of rotatable bonds is 5. The van der Waals surface area contributed by atoms with Gasteiger partial charge in [0, 0.05) is 25.5 Å². The van der Waals surface area contributed by atoms with Crippen molar-refractivity contribution < 1.29 is 0 Å². The first-order valence-electron chi connectivity index (χ1n) is 8.54. The van der Waals surface area contributed by atoms with Crippen LogP contribution < -0.4 is 10.6 Å². The van der Waals surface area contributed by atoms with Gasteiger partial charge >= 0.3 is 0 Å². The SMILES string of the molecule is CCC1(CNC(=NC)NCc2cn3c(C)cccc3n2)CCC1.I. The van der Waals surface area contributed by atoms with Crippen molar-refractivity contribution in [2.45, 2.75) is 46.1 Å². The number of aryl methyl sites for hydroxylation is 1. The van der Waals surface area contributed by atoms with Gasteiger partial charge in [-0.15, -0.1) is 24.0 Å². The van der Waals surface area contributed by atoms with Crippen molar-refractivity contribution >= 4 is 35.6 Å². The third-order valence-corrected chi connectivity index (χ3v) is 5.20. The number of fused-ring (bicyclic) bond motifs is 1. The van der Waals surface area contributed by atoms with Gasteiger partial charge in [0.1, 0.15) is 5.65 Å². The number of guanidine groups is 1. The maximum absolute atomic E-state index is 4.65. The Bertz CT molecular complexity index is 697. The zero-order chi connectivity index (χ0) is 16.3. The second-order valence-electron chi connectivity index (χ2n) is 6.61. The molecule has 5 nitrogen and oxygen atoms in total. The van der Waals surface area contributed by atoms with Crippen molar-refractivity contribution in [3.05, 3.63) is 35.8 Å². The zero-order valence-corrected chi connectivity index (χ0v) is 17.1. The molecule has 6 heteroatoms. The highest BCUT2D eigenvalue weighted by atomic mass is 127. The summed E-state index contributed by atoms with van der Waals surface area (Å²) < 4.78 is 2.12. The first-order chi connectivity index (χ1) is 11.2. The van der Waals surface area contributed by atoms with Crippen LogP contribution in [0.15, 0.2) is 29.4 Å². The van der Waals surface area contributed by atoms with Gasteiger partial charge in [-0.2, -0.15) is 0 Å². The summed E-state index contributed by atoms with van der Waals surface area (Å²) in [6.45, 7) is 6.07. The number of imidazole rings is 1. The van der Waals surface area contributed by atoms with Gasteiger partial charge in [0.2, 0.25) is 0 Å². The summed E-state index contributed by atoms with van der Waals surface area (Å²) in [6, 6.07) is 6.17. The summed E-state index contributed by atoms with van der Waals surface area (Å²) in [7, 11) is 1.82. The second kappa shape index (κ2) is 8.18. The molecule has 2 heterocycles. The molecule has 0 bridgehead atoms. The molecule has 1 aliphatic carbocycles. The highest BCUT2D eigenvalue weighted by Gasteiger charge is 2.34. The molecule has 0 unspecified atom stereocenters. The highest BCUT2D eigenvalue weighted by Crippen LogP contribution is 2.42. The lowest BCUT2D eigenvalue weighted by Gasteiger charge is -2.41. The van der Waals surface area contributed by atoms with E-state index >= 15 is 0 Å². The molecular weight excluding hydrogens is 413 g/mol. The Balaban J connectivity index is 0.00000208. The first-order valence-corrected chi connectivity index (χ1v) is 8.54. The predicted molar refractivity (Wildman–Crippen MR) is 110 cm³/mol. The minimum Gasteiger partial charge on any atom is -0.356 e. The summed E-state index contributed by atoms with van der Waals surface area (Å²) in [5, 5.41) is 6.86. The molecule has 132 valence electrons. The Hall–Kier alpha value is -1.31. The molecule has 0 aromatic carbocycles. The molecule has 0 atom stereocenters. The predicted octanol–water partition coefficient (Wildman–Crippen LogP) is 3.51. The average Bonchev–Trinajstić information content (AvgIpc) is 2.94. The van der Waals surface area contributed by atoms with E-state index in [4.69, 9.17) is 0 Å². The van der Waals surface area contributed by atoms with Crippen LogP contribution in [-0.2, 0) is 6.54 Å². The van der Waals surface area contributed by atoms with Gasteiger partial charge in [0.05, 0.1) is 12.2 Å². The van der Waals surface area contributed by atoms with Gasteiger partial charge in [-0.25, -0.2) is 4.98 Å². The maximum atomic E-state index is 4.65. The quantitative estimate of drug-likeness (QED) is 0.424. The number of nitrogens with zero attached hydrogens (tertiary/aromatic N) is 3. The second-order valence-corrected chi connectivity index (χ2v) is 6.61. The lowest BCUT2D eigenvalue weighted by Crippen LogP contribution is -2.46. The Labute approximate surface area is 161 Å². The van der Waals surface area contributed by atoms with Crippen LogP contribution in [-0.4, -0.2) is 28.9 Å². The minimum atomic E-state index is 0. The van der Waals surface area contributed by atoms with E-state index in [0.717, 1.165) is 23.8 Å². The first kappa shape index (κ1) is 19.0. The van der Waals surface area contributed by atoms with Crippen molar-refractivity contribution in [2.75, 3.05) is 13.6 Å². The van der Waals surface area contributed by atoms with Gasteiger partial charge in [0.25, 0.3) is 0 Å². The minimum absolute atomic E-state index is 0. The van der Waals surface area contributed by atoms with E-state index < -0.39 is 0 Å². The lowest BCUT2D eigenvalue weighted by molar-refractivity contribution is 0.131. The van der Waals surface area contributed by atoms with Gasteiger partial charge in [0.15, 0.2) is 5.96 Å². The molecular formula is C18H28IN5. The molecule has 1 aliphatic rings. The Morgan fingerprint density at radius 2 is 2.12 bits per heavy atom. The normalized spacial score (nSPS) is 16.4. The molecule has 0 radical (unpaired) electrons. The molecule has 1 saturated carbocycles. The standard InChI is InChI=1S/C18H27N5.HI/c1-4-18(9-6-10-18)13-21-17(19-3)20-11-15-12-23-14(2)7-5-8-16(23)22-15;/h5,7-8,12H,4,6,9-11,13H2,1-3H3,(H2,19,20,21);1H. The van der Waals surface area contributed by atoms with Crippen LogP contribution in [0.4, 0.5) is 0 Å². The lowest BCUT2D eigenvalue weighted by atomic mass is 9.67. The summed E-state index contributed by atoms with van der Waals surface area (Å²) >= 11 is 0. The number of nitrogens with one attached hydrogen (secondary N) is 2. The molecule has 2 aromatic heterocycles. The maximum Gasteiger partial charge on any atom is 0.191 e. The van der Waals surface area contributed by atoms with Crippen molar-refractivity contribution in [1.82, 2.24) is 20.0 Å². The number of hydrogen-bond acceptors (Lipinski definition) is 2. The molecule has 0 spiro atoms. The monoisotopic (exact) mass is 441 g/mol. The van der Waals surface area contributed by atoms with E-state index in [2.05, 4.69) is 51.1 Å². The number of pyridine rings is 1. The third-order valence-electron chi connectivity index (χ3n) is 5.20. The smallest absolute Gasteiger partial charge is 0.191 e. The van der Waals surface area contributed by atoms with E-state index in [9.17, 15) is 0 Å². The molecule has 2 aromatic rings. The van der Waals surface area contributed by atoms with E-state index in [1.807, 2.05) is 19.2 Å². The fourth-order valence-electron chi connectivity index (χ4n) is 3.28. The van der Waals surface area contributed by atoms with Gasteiger partial charge in [-0.3, -0.25) is 4.99 Å². The summed E-state index contributed by atoms with van der Waals surface area (Å²) in [5.74, 6) is 0.860. The molecule has 0 aliphatic heterocycles. The number of aliphatic imine (C=N–C) groups is 1. The Morgan fingerprint density at radius 1 is 1.33 bits per heavy atom. The fourth-order valence-corrected chi connectivity index (χ4v) is 3.28. The summed E-state index contributed by atoms with van der Waals surface area (Å²) in [4.78, 5) is 8.98. The van der Waals surface area contributed by atoms with Crippen LogP contribution in [0.3, 0.4) is 0 Å². The number of hydrogen-bond donors (Lipinski definition) is 2. The van der Waals surface area contributed by atoms with Crippen LogP contribution in [0.25, 0.3) is 5.65 Å². The van der Waals surface area contributed by atoms with Gasteiger partial charge < -0.3 is 15.0 Å². The Morgan fingerprint density at radius 3 is 2.71 bits per heavy atom. The average molecular weight is 441 g/mol. The van der Waals surface area contributed by atoms with Crippen LogP contribution in [0.2, 0.25) is 0 Å². The van der Waals surface area contributed by atoms with Crippen LogP contribution in [0.5, 0.6) is 0 Å². The molecule has 0 saturated heterocycles. The molecule has 3 rings (SSSR count). The van der Waals surface area contributed by atoms with Crippen LogP contribution >= 0.6 is 24.0 Å². The summed E-state index contributed by atoms with van der Waals surface area (Å²) in [5.41, 5.74) is 3.69. The van der Waals surface area contributed by atoms with Crippen molar-refractivity contribution in [3.8, 4) is 0 Å². The molecule has 24 heavy (non-hydrogen) atoms. The van der Waals surface area contributed by atoms with E-state index in [1.165, 1.54) is 31.4 Å². The van der Waals surface area contributed by atoms with E-state index in [1.54, 1.807) is 0 Å². The number of aromatic nitrogens is 2. The Kier molecular flexibility index (Phi) is 6.48. The highest BCUT2D eigenvalue weighted by molar-refractivity contribution is 14.0. The van der Waals surface area contributed by atoms with Gasteiger partial charge in [-0.05, 0) is 43.7 Å². The van der Waals surface area contributed by atoms with E-state index in [0.29, 0.717) is 12.0 Å². The van der Waals surface area contributed by atoms with Crippen LogP contribution in [0, 0.1) is 12.3 Å². The number of halogens is 1. The van der Waals surface area contributed by atoms with Crippen LogP contribution in [0.1, 0.15) is 44.0 Å². The third kappa shape index (κ3) is 4.02. The largest absolute Gasteiger partial charge is 0.356 e. The summed E-state index contributed by atoms with van der Waals surface area (Å²) in [6.07, 6.45) is 7.35. The van der Waals surface area contributed by atoms with Crippen molar-refractivity contribution in [3.63, 3.8) is 0 Å². The topological polar surface area (TPSA) is 53.7 Å². The molecule has 0 amide bonds. The van der Waals surface area contributed by atoms with Crippen molar-refractivity contribution in [2.24, 2.45) is 10.4 Å². The fraction of sp³-hybridized carbons (Fsp3) is 0.556. The molecule has 2 N–H and O–H groups in total. The van der Waals surface area contributed by atoms with Gasteiger partial charge in [-0.1, -0.05) is 19.4 Å².